The van der Waals surface area contributed by atoms with Crippen LogP contribution in [0.25, 0.3) is 0 Å². The van der Waals surface area contributed by atoms with Crippen molar-refractivity contribution in [1.29, 1.82) is 0 Å². The highest BCUT2D eigenvalue weighted by Crippen LogP contribution is 2.09. The Balaban J connectivity index is 3.28. The average Bonchev–Trinajstić information content (AvgIpc) is 2.70. The molecule has 0 rings (SSSR count). The maximum atomic E-state index is 11.7. The van der Waals surface area contributed by atoms with Crippen molar-refractivity contribution in [2.75, 3.05) is 6.61 Å². The second-order valence-corrected chi connectivity index (χ2v) is 7.59. The third kappa shape index (κ3) is 22.7. The van der Waals surface area contributed by atoms with E-state index in [-0.39, 0.29) is 5.97 Å². The number of esters is 1. The van der Waals surface area contributed by atoms with Crippen molar-refractivity contribution >= 4 is 5.97 Å². The van der Waals surface area contributed by atoms with Crippen LogP contribution >= 0.6 is 0 Å². The third-order valence-electron chi connectivity index (χ3n) is 4.79. The van der Waals surface area contributed by atoms with Gasteiger partial charge in [-0.15, -0.1) is 0 Å². The molecule has 0 saturated carbocycles. The Hall–Kier alpha value is -1.31. The van der Waals surface area contributed by atoms with E-state index in [2.05, 4.69) is 50.3 Å². The van der Waals surface area contributed by atoms with Gasteiger partial charge >= 0.3 is 5.97 Å². The number of unbranched alkanes of at least 4 members (excludes halogenated alkanes) is 10. The predicted octanol–water partition coefficient (Wildman–Crippen LogP) is 8.48. The molecule has 0 spiro atoms. The second kappa shape index (κ2) is 23.7. The van der Waals surface area contributed by atoms with E-state index >= 15 is 0 Å². The predicted molar refractivity (Wildman–Crippen MR) is 124 cm³/mol. The van der Waals surface area contributed by atoms with Gasteiger partial charge in [-0.05, 0) is 44.9 Å². The van der Waals surface area contributed by atoms with E-state index in [1.807, 2.05) is 0 Å². The SMILES string of the molecule is CCC=CCC=CCC=CCCCCCCCC(=O)OCCCCCCCC. The van der Waals surface area contributed by atoms with Gasteiger partial charge in [-0.2, -0.15) is 0 Å². The highest BCUT2D eigenvalue weighted by Gasteiger charge is 2.02. The van der Waals surface area contributed by atoms with E-state index in [0.717, 1.165) is 38.5 Å². The van der Waals surface area contributed by atoms with Crippen LogP contribution in [0.5, 0.6) is 0 Å². The fraction of sp³-hybridized carbons (Fsp3) is 0.731. The smallest absolute Gasteiger partial charge is 0.305 e. The standard InChI is InChI=1S/C26H46O2/c1-3-5-7-9-11-12-13-14-15-16-17-18-19-20-22-24-26(27)28-25-23-21-10-8-6-4-2/h5,7,11-12,14-15H,3-4,6,8-10,13,16-25H2,1-2H3. The van der Waals surface area contributed by atoms with Gasteiger partial charge in [-0.1, -0.05) is 102 Å². The Bertz CT molecular complexity index is 407. The van der Waals surface area contributed by atoms with E-state index in [1.54, 1.807) is 0 Å². The third-order valence-corrected chi connectivity index (χ3v) is 4.79. The maximum absolute atomic E-state index is 11.7. The summed E-state index contributed by atoms with van der Waals surface area (Å²) in [5.74, 6) is -0.00488. The molecule has 0 radical (unpaired) electrons. The summed E-state index contributed by atoms with van der Waals surface area (Å²) in [5, 5.41) is 0. The molecule has 2 nitrogen and oxygen atoms in total. The van der Waals surface area contributed by atoms with Crippen LogP contribution in [-0.4, -0.2) is 12.6 Å². The normalized spacial score (nSPS) is 11.9. The van der Waals surface area contributed by atoms with Gasteiger partial charge in [0.15, 0.2) is 0 Å². The van der Waals surface area contributed by atoms with E-state index in [9.17, 15) is 4.79 Å². The molecule has 0 aromatic rings. The van der Waals surface area contributed by atoms with E-state index in [1.165, 1.54) is 57.8 Å². The molecule has 0 fully saturated rings. The maximum Gasteiger partial charge on any atom is 0.305 e. The van der Waals surface area contributed by atoms with Gasteiger partial charge in [-0.3, -0.25) is 4.79 Å². The van der Waals surface area contributed by atoms with Crippen LogP contribution in [0.2, 0.25) is 0 Å². The van der Waals surface area contributed by atoms with E-state index in [4.69, 9.17) is 4.74 Å². The lowest BCUT2D eigenvalue weighted by Gasteiger charge is -2.05. The molecule has 28 heavy (non-hydrogen) atoms. The van der Waals surface area contributed by atoms with E-state index < -0.39 is 0 Å². The number of hydrogen-bond acceptors (Lipinski definition) is 2. The molecule has 0 aliphatic heterocycles. The lowest BCUT2D eigenvalue weighted by atomic mass is 10.1. The molecule has 0 aromatic carbocycles. The van der Waals surface area contributed by atoms with Crippen molar-refractivity contribution in [3.63, 3.8) is 0 Å². The summed E-state index contributed by atoms with van der Waals surface area (Å²) in [6.07, 6.45) is 31.7. The highest BCUT2D eigenvalue weighted by atomic mass is 16.5. The molecule has 0 bridgehead atoms. The largest absolute Gasteiger partial charge is 0.466 e. The van der Waals surface area contributed by atoms with Crippen LogP contribution in [0.4, 0.5) is 0 Å². The topological polar surface area (TPSA) is 26.3 Å². The number of carbonyl (C=O) groups excluding carboxylic acids is 1. The van der Waals surface area contributed by atoms with Gasteiger partial charge in [0.1, 0.15) is 0 Å². The summed E-state index contributed by atoms with van der Waals surface area (Å²) in [7, 11) is 0. The Morgan fingerprint density at radius 3 is 1.93 bits per heavy atom. The van der Waals surface area contributed by atoms with Crippen molar-refractivity contribution in [1.82, 2.24) is 0 Å². The summed E-state index contributed by atoms with van der Waals surface area (Å²) in [4.78, 5) is 11.7. The van der Waals surface area contributed by atoms with Crippen molar-refractivity contribution in [3.05, 3.63) is 36.5 Å². The molecule has 0 N–H and O–H groups in total. The highest BCUT2D eigenvalue weighted by molar-refractivity contribution is 5.69. The van der Waals surface area contributed by atoms with Gasteiger partial charge in [0, 0.05) is 6.42 Å². The van der Waals surface area contributed by atoms with Crippen molar-refractivity contribution in [2.24, 2.45) is 0 Å². The fourth-order valence-corrected chi connectivity index (χ4v) is 3.03. The minimum Gasteiger partial charge on any atom is -0.466 e. The first-order valence-electron chi connectivity index (χ1n) is 11.9. The van der Waals surface area contributed by atoms with Crippen molar-refractivity contribution in [2.45, 2.75) is 117 Å². The molecule has 0 aromatic heterocycles. The van der Waals surface area contributed by atoms with Crippen LogP contribution < -0.4 is 0 Å². The van der Waals surface area contributed by atoms with Gasteiger partial charge in [-0.25, -0.2) is 0 Å². The summed E-state index contributed by atoms with van der Waals surface area (Å²) < 4.78 is 5.31. The number of ether oxygens (including phenoxy) is 1. The summed E-state index contributed by atoms with van der Waals surface area (Å²) >= 11 is 0. The van der Waals surface area contributed by atoms with Crippen LogP contribution in [0.3, 0.4) is 0 Å². The number of carbonyl (C=O) groups is 1. The van der Waals surface area contributed by atoms with Crippen molar-refractivity contribution < 1.29 is 9.53 Å². The minimum absolute atomic E-state index is 0.00488. The minimum atomic E-state index is -0.00488. The molecule has 0 heterocycles. The number of allylic oxidation sites excluding steroid dienone is 6. The molecule has 0 amide bonds. The first-order chi connectivity index (χ1) is 13.8. The summed E-state index contributed by atoms with van der Waals surface area (Å²) in [5.41, 5.74) is 0. The summed E-state index contributed by atoms with van der Waals surface area (Å²) in [6.45, 7) is 5.00. The molecule has 0 unspecified atom stereocenters. The molecule has 2 heteroatoms. The second-order valence-electron chi connectivity index (χ2n) is 7.59. The number of rotatable bonds is 20. The van der Waals surface area contributed by atoms with Crippen LogP contribution in [0.1, 0.15) is 117 Å². The molecule has 162 valence electrons. The lowest BCUT2D eigenvalue weighted by molar-refractivity contribution is -0.143. The first kappa shape index (κ1) is 26.7. The Kier molecular flexibility index (Phi) is 22.6. The Labute approximate surface area is 175 Å². The van der Waals surface area contributed by atoms with Gasteiger partial charge in [0.25, 0.3) is 0 Å². The van der Waals surface area contributed by atoms with Crippen molar-refractivity contribution in [3.8, 4) is 0 Å². The zero-order chi connectivity index (χ0) is 20.5. The average molecular weight is 391 g/mol. The Morgan fingerprint density at radius 2 is 1.21 bits per heavy atom. The monoisotopic (exact) mass is 390 g/mol. The fourth-order valence-electron chi connectivity index (χ4n) is 3.03. The molecule has 0 saturated heterocycles. The van der Waals surface area contributed by atoms with Crippen LogP contribution in [0, 0.1) is 0 Å². The van der Waals surface area contributed by atoms with Crippen LogP contribution in [0.15, 0.2) is 36.5 Å². The lowest BCUT2D eigenvalue weighted by Crippen LogP contribution is -2.05. The van der Waals surface area contributed by atoms with Gasteiger partial charge in [0.05, 0.1) is 6.61 Å². The molecule has 0 atom stereocenters. The molecular formula is C26H46O2. The van der Waals surface area contributed by atoms with Gasteiger partial charge < -0.3 is 4.74 Å². The zero-order valence-corrected chi connectivity index (χ0v) is 18.8. The molecular weight excluding hydrogens is 344 g/mol. The summed E-state index contributed by atoms with van der Waals surface area (Å²) in [6, 6.07) is 0. The van der Waals surface area contributed by atoms with Gasteiger partial charge in [0.2, 0.25) is 0 Å². The molecule has 0 aliphatic carbocycles. The van der Waals surface area contributed by atoms with E-state index in [0.29, 0.717) is 13.0 Å². The van der Waals surface area contributed by atoms with Crippen LogP contribution in [-0.2, 0) is 9.53 Å². The quantitative estimate of drug-likeness (QED) is 0.118. The first-order valence-corrected chi connectivity index (χ1v) is 11.9. The molecule has 0 aliphatic rings. The number of hydrogen-bond donors (Lipinski definition) is 0. The Morgan fingerprint density at radius 1 is 0.643 bits per heavy atom. The zero-order valence-electron chi connectivity index (χ0n) is 18.8.